The lowest BCUT2D eigenvalue weighted by atomic mass is 10.1. The summed E-state index contributed by atoms with van der Waals surface area (Å²) >= 11 is 0. The van der Waals surface area contributed by atoms with Gasteiger partial charge in [0.1, 0.15) is 5.75 Å². The van der Waals surface area contributed by atoms with Crippen molar-refractivity contribution in [3.05, 3.63) is 53.6 Å². The monoisotopic (exact) mass is 287 g/mol. The fourth-order valence-electron chi connectivity index (χ4n) is 2.11. The molecule has 0 unspecified atom stereocenters. The minimum absolute atomic E-state index is 0.206. The first-order valence-electron chi connectivity index (χ1n) is 7.02. The van der Waals surface area contributed by atoms with E-state index in [1.165, 1.54) is 0 Å². The van der Waals surface area contributed by atoms with Crippen LogP contribution in [0.3, 0.4) is 0 Å². The van der Waals surface area contributed by atoms with E-state index in [1.54, 1.807) is 13.2 Å². The number of ether oxygens (including phenoxy) is 2. The highest BCUT2D eigenvalue weighted by atomic mass is 16.5. The van der Waals surface area contributed by atoms with Gasteiger partial charge in [0.15, 0.2) is 11.5 Å². The van der Waals surface area contributed by atoms with Crippen LogP contribution in [0.1, 0.15) is 18.1 Å². The van der Waals surface area contributed by atoms with Gasteiger partial charge >= 0.3 is 0 Å². The Morgan fingerprint density at radius 1 is 1.10 bits per heavy atom. The molecule has 0 spiro atoms. The van der Waals surface area contributed by atoms with Gasteiger partial charge in [-0.25, -0.2) is 0 Å². The van der Waals surface area contributed by atoms with Crippen LogP contribution in [0.4, 0.5) is 0 Å². The number of rotatable bonds is 7. The predicted molar refractivity (Wildman–Crippen MR) is 82.8 cm³/mol. The standard InChI is InChI=1S/C17H21NO3/c1-3-21-16-9-5-7-14(17(16)19)12-18-11-13-6-4-8-15(10-13)20-2/h4-10,18-19H,3,11-12H2,1-2H3. The molecule has 0 bridgehead atoms. The maximum absolute atomic E-state index is 10.1. The topological polar surface area (TPSA) is 50.7 Å². The third kappa shape index (κ3) is 4.13. The molecule has 0 amide bonds. The highest BCUT2D eigenvalue weighted by Crippen LogP contribution is 2.29. The molecule has 0 aliphatic rings. The summed E-state index contributed by atoms with van der Waals surface area (Å²) in [7, 11) is 1.66. The Morgan fingerprint density at radius 2 is 1.90 bits per heavy atom. The van der Waals surface area contributed by atoms with Crippen molar-refractivity contribution in [3.8, 4) is 17.2 Å². The Morgan fingerprint density at radius 3 is 2.67 bits per heavy atom. The van der Waals surface area contributed by atoms with E-state index in [4.69, 9.17) is 9.47 Å². The molecule has 0 aromatic heterocycles. The van der Waals surface area contributed by atoms with Crippen molar-refractivity contribution >= 4 is 0 Å². The Hall–Kier alpha value is -2.20. The smallest absolute Gasteiger partial charge is 0.162 e. The lowest BCUT2D eigenvalue weighted by molar-refractivity contribution is 0.316. The van der Waals surface area contributed by atoms with Gasteiger partial charge in [-0.1, -0.05) is 24.3 Å². The normalized spacial score (nSPS) is 10.4. The lowest BCUT2D eigenvalue weighted by Gasteiger charge is -2.11. The molecule has 0 fully saturated rings. The number of nitrogens with one attached hydrogen (secondary N) is 1. The van der Waals surface area contributed by atoms with E-state index in [2.05, 4.69) is 5.32 Å². The van der Waals surface area contributed by atoms with Crippen molar-refractivity contribution in [2.75, 3.05) is 13.7 Å². The largest absolute Gasteiger partial charge is 0.504 e. The molecule has 2 N–H and O–H groups in total. The first kappa shape index (κ1) is 15.2. The average Bonchev–Trinajstić information content (AvgIpc) is 2.51. The van der Waals surface area contributed by atoms with E-state index >= 15 is 0 Å². The molecule has 2 rings (SSSR count). The molecule has 0 aliphatic carbocycles. The van der Waals surface area contributed by atoms with E-state index < -0.39 is 0 Å². The summed E-state index contributed by atoms with van der Waals surface area (Å²) in [5.74, 6) is 1.58. The van der Waals surface area contributed by atoms with Crippen LogP contribution in [-0.4, -0.2) is 18.8 Å². The summed E-state index contributed by atoms with van der Waals surface area (Å²) in [6, 6.07) is 13.4. The number of methoxy groups -OCH3 is 1. The number of hydrogen-bond acceptors (Lipinski definition) is 4. The van der Waals surface area contributed by atoms with E-state index in [0.717, 1.165) is 16.9 Å². The average molecular weight is 287 g/mol. The molecule has 2 aromatic carbocycles. The summed E-state index contributed by atoms with van der Waals surface area (Å²) in [4.78, 5) is 0. The summed E-state index contributed by atoms with van der Waals surface area (Å²) in [5, 5.41) is 13.4. The quantitative estimate of drug-likeness (QED) is 0.821. The van der Waals surface area contributed by atoms with Gasteiger partial charge in [-0.15, -0.1) is 0 Å². The van der Waals surface area contributed by atoms with Crippen LogP contribution in [0.5, 0.6) is 17.2 Å². The van der Waals surface area contributed by atoms with Gasteiger partial charge in [0.05, 0.1) is 13.7 Å². The van der Waals surface area contributed by atoms with E-state index in [0.29, 0.717) is 25.4 Å². The Kier molecular flexibility index (Phi) is 5.46. The third-order valence-electron chi connectivity index (χ3n) is 3.16. The van der Waals surface area contributed by atoms with Crippen molar-refractivity contribution in [2.45, 2.75) is 20.0 Å². The Labute approximate surface area is 125 Å². The molecule has 2 aromatic rings. The van der Waals surface area contributed by atoms with Crippen LogP contribution in [-0.2, 0) is 13.1 Å². The molecule has 0 radical (unpaired) electrons. The number of phenolic OH excluding ortho intramolecular Hbond substituents is 1. The van der Waals surface area contributed by atoms with Crippen LogP contribution >= 0.6 is 0 Å². The predicted octanol–water partition coefficient (Wildman–Crippen LogP) is 3.09. The van der Waals surface area contributed by atoms with Crippen molar-refractivity contribution in [1.82, 2.24) is 5.32 Å². The minimum atomic E-state index is 0.206. The van der Waals surface area contributed by atoms with Crippen molar-refractivity contribution in [3.63, 3.8) is 0 Å². The Bertz CT molecular complexity index is 584. The zero-order valence-electron chi connectivity index (χ0n) is 12.4. The summed E-state index contributed by atoms with van der Waals surface area (Å²) in [6.45, 7) is 3.71. The van der Waals surface area contributed by atoms with Crippen molar-refractivity contribution in [1.29, 1.82) is 0 Å². The van der Waals surface area contributed by atoms with E-state index in [-0.39, 0.29) is 5.75 Å². The highest BCUT2D eigenvalue weighted by Gasteiger charge is 2.07. The van der Waals surface area contributed by atoms with Gasteiger partial charge in [-0.2, -0.15) is 0 Å². The van der Waals surface area contributed by atoms with Gasteiger partial charge in [0.25, 0.3) is 0 Å². The SMILES string of the molecule is CCOc1cccc(CNCc2cccc(OC)c2)c1O. The number of para-hydroxylation sites is 1. The molecular weight excluding hydrogens is 266 g/mol. The zero-order chi connectivity index (χ0) is 15.1. The van der Waals surface area contributed by atoms with Gasteiger partial charge in [0.2, 0.25) is 0 Å². The summed E-state index contributed by atoms with van der Waals surface area (Å²) in [6.07, 6.45) is 0. The van der Waals surface area contributed by atoms with Crippen molar-refractivity contribution < 1.29 is 14.6 Å². The number of benzene rings is 2. The fourth-order valence-corrected chi connectivity index (χ4v) is 2.11. The second kappa shape index (κ2) is 7.55. The molecule has 0 saturated heterocycles. The molecule has 4 heteroatoms. The summed E-state index contributed by atoms with van der Waals surface area (Å²) in [5.41, 5.74) is 1.96. The Balaban J connectivity index is 1.95. The third-order valence-corrected chi connectivity index (χ3v) is 3.16. The maximum Gasteiger partial charge on any atom is 0.162 e. The minimum Gasteiger partial charge on any atom is -0.504 e. The highest BCUT2D eigenvalue weighted by molar-refractivity contribution is 5.45. The van der Waals surface area contributed by atoms with Crippen LogP contribution < -0.4 is 14.8 Å². The molecule has 21 heavy (non-hydrogen) atoms. The number of hydrogen-bond donors (Lipinski definition) is 2. The summed E-state index contributed by atoms with van der Waals surface area (Å²) < 4.78 is 10.6. The molecule has 0 heterocycles. The second-order valence-electron chi connectivity index (χ2n) is 4.65. The van der Waals surface area contributed by atoms with Crippen LogP contribution in [0.15, 0.2) is 42.5 Å². The first-order chi connectivity index (χ1) is 10.2. The zero-order valence-corrected chi connectivity index (χ0v) is 12.4. The molecule has 112 valence electrons. The van der Waals surface area contributed by atoms with Gasteiger partial charge in [0, 0.05) is 18.7 Å². The first-order valence-corrected chi connectivity index (χ1v) is 7.02. The number of aromatic hydroxyl groups is 1. The van der Waals surface area contributed by atoms with Gasteiger partial charge in [-0.3, -0.25) is 0 Å². The maximum atomic E-state index is 10.1. The second-order valence-corrected chi connectivity index (χ2v) is 4.65. The molecular formula is C17H21NO3. The van der Waals surface area contributed by atoms with E-state index in [9.17, 15) is 5.11 Å². The molecule has 0 atom stereocenters. The molecule has 0 saturated carbocycles. The van der Waals surface area contributed by atoms with E-state index in [1.807, 2.05) is 43.3 Å². The molecule has 0 aliphatic heterocycles. The van der Waals surface area contributed by atoms with Gasteiger partial charge in [-0.05, 0) is 30.7 Å². The van der Waals surface area contributed by atoms with Gasteiger partial charge < -0.3 is 19.9 Å². The van der Waals surface area contributed by atoms with Crippen LogP contribution in [0.2, 0.25) is 0 Å². The number of phenols is 1. The van der Waals surface area contributed by atoms with Crippen LogP contribution in [0.25, 0.3) is 0 Å². The fraction of sp³-hybridized carbons (Fsp3) is 0.294. The van der Waals surface area contributed by atoms with Crippen LogP contribution in [0, 0.1) is 0 Å². The lowest BCUT2D eigenvalue weighted by Crippen LogP contribution is -2.13. The van der Waals surface area contributed by atoms with Crippen molar-refractivity contribution in [2.24, 2.45) is 0 Å². The molecule has 4 nitrogen and oxygen atoms in total.